The van der Waals surface area contributed by atoms with Crippen LogP contribution >= 0.6 is 15.9 Å². The standard InChI is InChI=1S/C15H17BrN2O2S/c1-3-21(19,20)18-14-7-5-13(6-8-14)17-15-9-4-12(16)10-11(15)2/h4-10,17-18H,3H2,1-2H3. The van der Waals surface area contributed by atoms with Crippen molar-refractivity contribution < 1.29 is 8.42 Å². The molecule has 0 aliphatic carbocycles. The molecular weight excluding hydrogens is 352 g/mol. The monoisotopic (exact) mass is 368 g/mol. The Hall–Kier alpha value is -1.53. The predicted octanol–water partition coefficient (Wildman–Crippen LogP) is 4.26. The van der Waals surface area contributed by atoms with Gasteiger partial charge in [-0.1, -0.05) is 15.9 Å². The summed E-state index contributed by atoms with van der Waals surface area (Å²) in [7, 11) is -3.23. The van der Waals surface area contributed by atoms with Gasteiger partial charge in [0, 0.05) is 21.5 Å². The van der Waals surface area contributed by atoms with Crippen LogP contribution in [0, 0.1) is 6.92 Å². The zero-order valence-corrected chi connectivity index (χ0v) is 14.3. The molecule has 0 unspecified atom stereocenters. The largest absolute Gasteiger partial charge is 0.355 e. The van der Waals surface area contributed by atoms with Gasteiger partial charge >= 0.3 is 0 Å². The Morgan fingerprint density at radius 1 is 1.05 bits per heavy atom. The summed E-state index contributed by atoms with van der Waals surface area (Å²) in [6.07, 6.45) is 0. The number of hydrogen-bond donors (Lipinski definition) is 2. The maximum Gasteiger partial charge on any atom is 0.232 e. The van der Waals surface area contributed by atoms with Gasteiger partial charge in [0.2, 0.25) is 10.0 Å². The lowest BCUT2D eigenvalue weighted by Gasteiger charge is -2.11. The summed E-state index contributed by atoms with van der Waals surface area (Å²) in [6, 6.07) is 13.2. The fraction of sp³-hybridized carbons (Fsp3) is 0.200. The van der Waals surface area contributed by atoms with E-state index in [1.165, 1.54) is 0 Å². The van der Waals surface area contributed by atoms with E-state index in [9.17, 15) is 8.42 Å². The van der Waals surface area contributed by atoms with Crippen LogP contribution in [0.1, 0.15) is 12.5 Å². The molecule has 0 saturated heterocycles. The van der Waals surface area contributed by atoms with Crippen molar-refractivity contribution in [3.05, 3.63) is 52.5 Å². The third-order valence-electron chi connectivity index (χ3n) is 3.01. The van der Waals surface area contributed by atoms with Crippen LogP contribution < -0.4 is 10.0 Å². The molecule has 2 rings (SSSR count). The minimum absolute atomic E-state index is 0.0606. The highest BCUT2D eigenvalue weighted by Gasteiger charge is 2.06. The molecule has 0 heterocycles. The van der Waals surface area contributed by atoms with Gasteiger partial charge in [-0.3, -0.25) is 4.72 Å². The second-order valence-electron chi connectivity index (χ2n) is 4.67. The first-order valence-electron chi connectivity index (χ1n) is 6.53. The Balaban J connectivity index is 2.12. The highest BCUT2D eigenvalue weighted by Crippen LogP contribution is 2.24. The maximum absolute atomic E-state index is 11.5. The van der Waals surface area contributed by atoms with Gasteiger partial charge in [0.25, 0.3) is 0 Å². The van der Waals surface area contributed by atoms with Crippen molar-refractivity contribution in [2.45, 2.75) is 13.8 Å². The number of rotatable bonds is 5. The molecule has 21 heavy (non-hydrogen) atoms. The van der Waals surface area contributed by atoms with Crippen molar-refractivity contribution in [3.63, 3.8) is 0 Å². The van der Waals surface area contributed by atoms with Crippen molar-refractivity contribution in [2.24, 2.45) is 0 Å². The van der Waals surface area contributed by atoms with Gasteiger partial charge in [-0.05, 0) is 61.9 Å². The molecular formula is C15H17BrN2O2S. The normalized spacial score (nSPS) is 11.2. The summed E-state index contributed by atoms with van der Waals surface area (Å²) < 4.78 is 26.5. The van der Waals surface area contributed by atoms with Crippen molar-refractivity contribution in [2.75, 3.05) is 15.8 Å². The van der Waals surface area contributed by atoms with Crippen molar-refractivity contribution in [1.82, 2.24) is 0 Å². The predicted molar refractivity (Wildman–Crippen MR) is 91.7 cm³/mol. The molecule has 2 aromatic carbocycles. The van der Waals surface area contributed by atoms with Gasteiger partial charge in [0.05, 0.1) is 5.75 Å². The van der Waals surface area contributed by atoms with E-state index in [4.69, 9.17) is 0 Å². The van der Waals surface area contributed by atoms with Crippen LogP contribution in [0.15, 0.2) is 46.9 Å². The van der Waals surface area contributed by atoms with Crippen LogP contribution in [0.5, 0.6) is 0 Å². The lowest BCUT2D eigenvalue weighted by atomic mass is 10.2. The third kappa shape index (κ3) is 4.47. The van der Waals surface area contributed by atoms with E-state index in [1.807, 2.05) is 37.3 Å². The molecule has 0 aromatic heterocycles. The van der Waals surface area contributed by atoms with Gasteiger partial charge in [0.1, 0.15) is 0 Å². The van der Waals surface area contributed by atoms with Gasteiger partial charge in [-0.15, -0.1) is 0 Å². The third-order valence-corrected chi connectivity index (χ3v) is 4.81. The minimum Gasteiger partial charge on any atom is -0.355 e. The highest BCUT2D eigenvalue weighted by molar-refractivity contribution is 9.10. The second-order valence-corrected chi connectivity index (χ2v) is 7.59. The molecule has 2 aromatic rings. The van der Waals surface area contributed by atoms with E-state index >= 15 is 0 Å². The Morgan fingerprint density at radius 3 is 2.24 bits per heavy atom. The lowest BCUT2D eigenvalue weighted by Crippen LogP contribution is -2.14. The quantitative estimate of drug-likeness (QED) is 0.828. The van der Waals surface area contributed by atoms with Crippen molar-refractivity contribution >= 4 is 43.0 Å². The first-order chi connectivity index (χ1) is 9.89. The van der Waals surface area contributed by atoms with Crippen molar-refractivity contribution in [1.29, 1.82) is 0 Å². The Kier molecular flexibility index (Phi) is 4.90. The summed E-state index contributed by atoms with van der Waals surface area (Å²) >= 11 is 3.43. The molecule has 0 spiro atoms. The number of hydrogen-bond acceptors (Lipinski definition) is 3. The van der Waals surface area contributed by atoms with Crippen molar-refractivity contribution in [3.8, 4) is 0 Å². The molecule has 0 atom stereocenters. The van der Waals surface area contributed by atoms with Gasteiger partial charge in [-0.2, -0.15) is 0 Å². The van der Waals surface area contributed by atoms with Crippen LogP contribution in [-0.4, -0.2) is 14.2 Å². The fourth-order valence-electron chi connectivity index (χ4n) is 1.80. The molecule has 4 nitrogen and oxygen atoms in total. The molecule has 0 bridgehead atoms. The Labute approximate surface area is 133 Å². The average molecular weight is 369 g/mol. The molecule has 6 heteroatoms. The number of nitrogens with one attached hydrogen (secondary N) is 2. The zero-order chi connectivity index (χ0) is 15.5. The minimum atomic E-state index is -3.23. The summed E-state index contributed by atoms with van der Waals surface area (Å²) in [5.74, 6) is 0.0606. The van der Waals surface area contributed by atoms with E-state index in [-0.39, 0.29) is 5.75 Å². The summed E-state index contributed by atoms with van der Waals surface area (Å²) in [5.41, 5.74) is 3.61. The Morgan fingerprint density at radius 2 is 1.67 bits per heavy atom. The zero-order valence-electron chi connectivity index (χ0n) is 11.9. The number of halogens is 1. The number of anilines is 3. The van der Waals surface area contributed by atoms with Crippen LogP contribution in [0.25, 0.3) is 0 Å². The SMILES string of the molecule is CCS(=O)(=O)Nc1ccc(Nc2ccc(Br)cc2C)cc1. The van der Waals surface area contributed by atoms with Crippen LogP contribution in [-0.2, 0) is 10.0 Å². The molecule has 0 aliphatic rings. The van der Waals surface area contributed by atoms with Crippen LogP contribution in [0.2, 0.25) is 0 Å². The molecule has 0 radical (unpaired) electrons. The number of aryl methyl sites for hydroxylation is 1. The van der Waals surface area contributed by atoms with E-state index < -0.39 is 10.0 Å². The molecule has 0 amide bonds. The van der Waals surface area contributed by atoms with E-state index in [0.29, 0.717) is 5.69 Å². The van der Waals surface area contributed by atoms with Gasteiger partial charge < -0.3 is 5.32 Å². The highest BCUT2D eigenvalue weighted by atomic mass is 79.9. The fourth-order valence-corrected chi connectivity index (χ4v) is 2.91. The molecule has 0 fully saturated rings. The molecule has 0 saturated carbocycles. The van der Waals surface area contributed by atoms with Gasteiger partial charge in [-0.25, -0.2) is 8.42 Å². The lowest BCUT2D eigenvalue weighted by molar-refractivity contribution is 0.602. The smallest absolute Gasteiger partial charge is 0.232 e. The Bertz CT molecular complexity index is 728. The number of sulfonamides is 1. The second kappa shape index (κ2) is 6.49. The van der Waals surface area contributed by atoms with E-state index in [0.717, 1.165) is 21.4 Å². The summed E-state index contributed by atoms with van der Waals surface area (Å²) in [4.78, 5) is 0. The summed E-state index contributed by atoms with van der Waals surface area (Å²) in [6.45, 7) is 3.63. The van der Waals surface area contributed by atoms with E-state index in [1.54, 1.807) is 19.1 Å². The number of benzene rings is 2. The average Bonchev–Trinajstić information content (AvgIpc) is 2.44. The maximum atomic E-state index is 11.5. The topological polar surface area (TPSA) is 58.2 Å². The van der Waals surface area contributed by atoms with Crippen LogP contribution in [0.3, 0.4) is 0 Å². The molecule has 2 N–H and O–H groups in total. The van der Waals surface area contributed by atoms with Gasteiger partial charge in [0.15, 0.2) is 0 Å². The first-order valence-corrected chi connectivity index (χ1v) is 8.98. The van der Waals surface area contributed by atoms with E-state index in [2.05, 4.69) is 26.0 Å². The van der Waals surface area contributed by atoms with Crippen LogP contribution in [0.4, 0.5) is 17.1 Å². The first kappa shape index (κ1) is 15.9. The molecule has 112 valence electrons. The molecule has 0 aliphatic heterocycles. The summed E-state index contributed by atoms with van der Waals surface area (Å²) in [5, 5.41) is 3.31.